The Bertz CT molecular complexity index is 438. The number of hydrogen-bond acceptors (Lipinski definition) is 1. The molecule has 0 unspecified atom stereocenters. The van der Waals surface area contributed by atoms with Gasteiger partial charge in [0, 0.05) is 11.5 Å². The molecular weight excluding hydrogens is 232 g/mol. The first-order chi connectivity index (χ1) is 9.00. The fourth-order valence-electron chi connectivity index (χ4n) is 1.90. The maximum atomic E-state index is 12.5. The number of ketones is 1. The maximum absolute atomic E-state index is 12.5. The van der Waals surface area contributed by atoms with E-state index in [9.17, 15) is 4.79 Å². The number of Topliss-reactive ketones (excluding diaryl/α,β-unsaturated/α-hetero) is 1. The number of carbonyl (C=O) groups is 1. The van der Waals surface area contributed by atoms with Gasteiger partial charge >= 0.3 is 0 Å². The van der Waals surface area contributed by atoms with E-state index in [0.29, 0.717) is 0 Å². The van der Waals surface area contributed by atoms with Crippen molar-refractivity contribution in [3.05, 3.63) is 59.2 Å². The second kappa shape index (κ2) is 7.73. The van der Waals surface area contributed by atoms with E-state index >= 15 is 0 Å². The van der Waals surface area contributed by atoms with Crippen molar-refractivity contribution >= 4 is 5.78 Å². The van der Waals surface area contributed by atoms with Crippen LogP contribution in [0, 0.1) is 5.92 Å². The highest BCUT2D eigenvalue weighted by molar-refractivity contribution is 5.98. The summed E-state index contributed by atoms with van der Waals surface area (Å²) in [5, 5.41) is 0. The van der Waals surface area contributed by atoms with Crippen LogP contribution in [0.1, 0.15) is 50.9 Å². The van der Waals surface area contributed by atoms with E-state index in [0.717, 1.165) is 18.4 Å². The molecule has 0 spiro atoms. The van der Waals surface area contributed by atoms with Crippen molar-refractivity contribution < 1.29 is 4.79 Å². The fourth-order valence-corrected chi connectivity index (χ4v) is 1.90. The zero-order valence-corrected chi connectivity index (χ0v) is 12.4. The average Bonchev–Trinajstić information content (AvgIpc) is 2.38. The van der Waals surface area contributed by atoms with Gasteiger partial charge in [-0.15, -0.1) is 0 Å². The van der Waals surface area contributed by atoms with Crippen LogP contribution < -0.4 is 0 Å². The minimum Gasteiger partial charge on any atom is -0.294 e. The quantitative estimate of drug-likeness (QED) is 0.505. The summed E-state index contributed by atoms with van der Waals surface area (Å²) in [4.78, 5) is 12.5. The number of allylic oxidation sites excluding steroid dienone is 4. The van der Waals surface area contributed by atoms with Crippen LogP contribution in [-0.2, 0) is 0 Å². The molecule has 0 aliphatic heterocycles. The molecule has 0 radical (unpaired) electrons. The van der Waals surface area contributed by atoms with Crippen molar-refractivity contribution in [2.45, 2.75) is 40.5 Å². The molecule has 0 fully saturated rings. The zero-order chi connectivity index (χ0) is 14.3. The first-order valence-electron chi connectivity index (χ1n) is 6.86. The predicted octanol–water partition coefficient (Wildman–Crippen LogP) is 5.20. The standard InChI is InChI=1S/C18H24O/c1-14(2)10-12-17(13-11-15(3)4)18(19)16-8-6-5-7-9-16/h5-11,17H,12-13H2,1-4H3. The Balaban J connectivity index is 2.86. The normalized spacial score (nSPS) is 10.2. The van der Waals surface area contributed by atoms with Gasteiger partial charge in [-0.1, -0.05) is 53.6 Å². The SMILES string of the molecule is CC(C)=CCC(CC=C(C)C)C(=O)c1ccccc1. The van der Waals surface area contributed by atoms with Crippen molar-refractivity contribution in [1.29, 1.82) is 0 Å². The fraction of sp³-hybridized carbons (Fsp3) is 0.389. The molecule has 1 aromatic carbocycles. The van der Waals surface area contributed by atoms with Gasteiger partial charge < -0.3 is 0 Å². The number of carbonyl (C=O) groups excluding carboxylic acids is 1. The van der Waals surface area contributed by atoms with Crippen LogP contribution in [0.15, 0.2) is 53.6 Å². The summed E-state index contributed by atoms with van der Waals surface area (Å²) in [6.45, 7) is 8.30. The van der Waals surface area contributed by atoms with Gasteiger partial charge in [0.05, 0.1) is 0 Å². The molecule has 0 aromatic heterocycles. The first-order valence-corrected chi connectivity index (χ1v) is 6.86. The molecule has 1 nitrogen and oxygen atoms in total. The van der Waals surface area contributed by atoms with Gasteiger partial charge in [0.2, 0.25) is 0 Å². The molecule has 1 aromatic rings. The summed E-state index contributed by atoms with van der Waals surface area (Å²) in [6, 6.07) is 9.59. The highest BCUT2D eigenvalue weighted by Crippen LogP contribution is 2.19. The lowest BCUT2D eigenvalue weighted by atomic mass is 9.90. The molecule has 0 aliphatic carbocycles. The van der Waals surface area contributed by atoms with E-state index in [4.69, 9.17) is 0 Å². The topological polar surface area (TPSA) is 17.1 Å². The smallest absolute Gasteiger partial charge is 0.166 e. The molecule has 102 valence electrons. The molecule has 0 bridgehead atoms. The van der Waals surface area contributed by atoms with Crippen molar-refractivity contribution in [3.63, 3.8) is 0 Å². The van der Waals surface area contributed by atoms with Crippen LogP contribution in [0.4, 0.5) is 0 Å². The number of rotatable bonds is 6. The summed E-state index contributed by atoms with van der Waals surface area (Å²) in [5.41, 5.74) is 3.35. The maximum Gasteiger partial charge on any atom is 0.166 e. The molecule has 0 saturated heterocycles. The number of hydrogen-bond donors (Lipinski definition) is 0. The Morgan fingerprint density at radius 2 is 1.42 bits per heavy atom. The van der Waals surface area contributed by atoms with E-state index in [1.165, 1.54) is 11.1 Å². The van der Waals surface area contributed by atoms with Crippen molar-refractivity contribution in [1.82, 2.24) is 0 Å². The highest BCUT2D eigenvalue weighted by atomic mass is 16.1. The van der Waals surface area contributed by atoms with E-state index in [1.54, 1.807) is 0 Å². The molecule has 1 rings (SSSR count). The van der Waals surface area contributed by atoms with Gasteiger partial charge in [-0.25, -0.2) is 0 Å². The minimum atomic E-state index is 0.0483. The molecule has 19 heavy (non-hydrogen) atoms. The van der Waals surface area contributed by atoms with Crippen LogP contribution >= 0.6 is 0 Å². The molecule has 0 N–H and O–H groups in total. The van der Waals surface area contributed by atoms with E-state index in [-0.39, 0.29) is 11.7 Å². The van der Waals surface area contributed by atoms with Gasteiger partial charge in [-0.2, -0.15) is 0 Å². The van der Waals surface area contributed by atoms with Crippen LogP contribution in [0.2, 0.25) is 0 Å². The third-order valence-electron chi connectivity index (χ3n) is 3.05. The van der Waals surface area contributed by atoms with Gasteiger partial charge in [-0.05, 0) is 40.5 Å². The van der Waals surface area contributed by atoms with Crippen molar-refractivity contribution in [2.75, 3.05) is 0 Å². The molecule has 0 amide bonds. The monoisotopic (exact) mass is 256 g/mol. The van der Waals surface area contributed by atoms with E-state index in [1.807, 2.05) is 30.3 Å². The van der Waals surface area contributed by atoms with Gasteiger partial charge in [0.1, 0.15) is 0 Å². The number of benzene rings is 1. The lowest BCUT2D eigenvalue weighted by Crippen LogP contribution is -2.13. The van der Waals surface area contributed by atoms with Crippen molar-refractivity contribution in [2.24, 2.45) is 5.92 Å². The Morgan fingerprint density at radius 3 is 1.84 bits per heavy atom. The Labute approximate surface area is 117 Å². The van der Waals surface area contributed by atoms with Crippen LogP contribution in [0.25, 0.3) is 0 Å². The summed E-state index contributed by atoms with van der Waals surface area (Å²) in [7, 11) is 0. The molecular formula is C18H24O. The predicted molar refractivity (Wildman–Crippen MR) is 82.4 cm³/mol. The van der Waals surface area contributed by atoms with Gasteiger partial charge in [0.25, 0.3) is 0 Å². The first kappa shape index (κ1) is 15.4. The summed E-state index contributed by atoms with van der Waals surface area (Å²) in [6.07, 6.45) is 5.95. The second-order valence-corrected chi connectivity index (χ2v) is 5.46. The average molecular weight is 256 g/mol. The Hall–Kier alpha value is -1.63. The van der Waals surface area contributed by atoms with E-state index in [2.05, 4.69) is 39.8 Å². The summed E-state index contributed by atoms with van der Waals surface area (Å²) >= 11 is 0. The summed E-state index contributed by atoms with van der Waals surface area (Å²) in [5.74, 6) is 0.294. The largest absolute Gasteiger partial charge is 0.294 e. The Morgan fingerprint density at radius 1 is 0.947 bits per heavy atom. The highest BCUT2D eigenvalue weighted by Gasteiger charge is 2.17. The van der Waals surface area contributed by atoms with Crippen LogP contribution in [0.3, 0.4) is 0 Å². The van der Waals surface area contributed by atoms with Crippen LogP contribution in [-0.4, -0.2) is 5.78 Å². The molecule has 0 atom stereocenters. The van der Waals surface area contributed by atoms with Crippen LogP contribution in [0.5, 0.6) is 0 Å². The lowest BCUT2D eigenvalue weighted by Gasteiger charge is -2.13. The van der Waals surface area contributed by atoms with E-state index < -0.39 is 0 Å². The van der Waals surface area contributed by atoms with Crippen molar-refractivity contribution in [3.8, 4) is 0 Å². The van der Waals surface area contributed by atoms with Gasteiger partial charge in [0.15, 0.2) is 5.78 Å². The zero-order valence-electron chi connectivity index (χ0n) is 12.4. The van der Waals surface area contributed by atoms with Gasteiger partial charge in [-0.3, -0.25) is 4.79 Å². The molecule has 0 aliphatic rings. The second-order valence-electron chi connectivity index (χ2n) is 5.46. The minimum absolute atomic E-state index is 0.0483. The summed E-state index contributed by atoms with van der Waals surface area (Å²) < 4.78 is 0. The Kier molecular flexibility index (Phi) is 6.27. The lowest BCUT2D eigenvalue weighted by molar-refractivity contribution is 0.0921. The molecule has 1 heteroatoms. The third-order valence-corrected chi connectivity index (χ3v) is 3.05. The molecule has 0 saturated carbocycles. The third kappa shape index (κ3) is 5.69. The molecule has 0 heterocycles.